The van der Waals surface area contributed by atoms with Crippen LogP contribution in [0.15, 0.2) is 0 Å². The van der Waals surface area contributed by atoms with Crippen molar-refractivity contribution in [3.05, 3.63) is 0 Å². The van der Waals surface area contributed by atoms with Crippen molar-refractivity contribution >= 4 is 11.9 Å². The summed E-state index contributed by atoms with van der Waals surface area (Å²) in [6, 6.07) is 0. The maximum atomic E-state index is 10.6. The fraction of sp³-hybridized carbons (Fsp3) is 0.778. The molecule has 0 amide bonds. The van der Waals surface area contributed by atoms with Crippen LogP contribution in [-0.4, -0.2) is 24.1 Å². The maximum Gasteiger partial charge on any atom is 0.303 e. The van der Waals surface area contributed by atoms with Crippen LogP contribution in [0.25, 0.3) is 0 Å². The van der Waals surface area contributed by atoms with Gasteiger partial charge in [-0.3, -0.25) is 9.59 Å². The van der Waals surface area contributed by atoms with E-state index in [1.807, 2.05) is 6.92 Å². The Morgan fingerprint density at radius 2 is 1.62 bits per heavy atom. The van der Waals surface area contributed by atoms with E-state index in [2.05, 4.69) is 0 Å². The van der Waals surface area contributed by atoms with Crippen molar-refractivity contribution in [2.75, 3.05) is 0 Å². The van der Waals surface area contributed by atoms with Gasteiger partial charge in [0.05, 0.1) is 0 Å². The molecule has 0 spiro atoms. The zero-order valence-electron chi connectivity index (χ0n) is 8.49. The molecule has 0 bridgehead atoms. The van der Waals surface area contributed by atoms with Crippen LogP contribution in [0.1, 0.15) is 34.1 Å². The van der Waals surface area contributed by atoms with Crippen LogP contribution < -0.4 is 0 Å². The summed E-state index contributed by atoms with van der Waals surface area (Å²) in [5.41, 5.74) is 0. The van der Waals surface area contributed by atoms with Crippen LogP contribution in [0, 0.1) is 0 Å². The lowest BCUT2D eigenvalue weighted by atomic mass is 10.2. The summed E-state index contributed by atoms with van der Waals surface area (Å²) in [5.74, 6) is -0.719. The molecule has 4 nitrogen and oxygen atoms in total. The van der Waals surface area contributed by atoms with Crippen molar-refractivity contribution in [1.82, 2.24) is 0 Å². The molecule has 0 aromatic heterocycles. The molecule has 13 heavy (non-hydrogen) atoms. The Morgan fingerprint density at radius 3 is 1.92 bits per heavy atom. The Bertz CT molecular complexity index is 188. The molecule has 0 aliphatic rings. The van der Waals surface area contributed by atoms with Gasteiger partial charge in [0.15, 0.2) is 0 Å². The predicted molar refractivity (Wildman–Crippen MR) is 47.1 cm³/mol. The average Bonchev–Trinajstić information content (AvgIpc) is 1.98. The van der Waals surface area contributed by atoms with Crippen LogP contribution >= 0.6 is 0 Å². The smallest absolute Gasteiger partial charge is 0.303 e. The molecule has 0 rings (SSSR count). The molecule has 76 valence electrons. The summed E-state index contributed by atoms with van der Waals surface area (Å²) in [6.07, 6.45) is -0.0959. The minimum absolute atomic E-state index is 0.346. The number of rotatable bonds is 4. The second-order valence-electron chi connectivity index (χ2n) is 2.87. The van der Waals surface area contributed by atoms with Crippen molar-refractivity contribution in [2.45, 2.75) is 46.3 Å². The molecule has 0 aromatic carbocycles. The standard InChI is InChI=1S/C9H16O4/c1-5-9(13-8(4)11)6(2)12-7(3)10/h6,9H,5H2,1-4H3/t6-,9-/m0/s1. The van der Waals surface area contributed by atoms with Crippen LogP contribution in [-0.2, 0) is 19.1 Å². The first-order valence-electron chi connectivity index (χ1n) is 4.31. The summed E-state index contributed by atoms with van der Waals surface area (Å²) in [7, 11) is 0. The lowest BCUT2D eigenvalue weighted by Crippen LogP contribution is -2.31. The molecule has 0 aliphatic heterocycles. The zero-order chi connectivity index (χ0) is 10.4. The molecule has 0 radical (unpaired) electrons. The SMILES string of the molecule is CC[C@H](OC(C)=O)[C@H](C)OC(C)=O. The van der Waals surface area contributed by atoms with Gasteiger partial charge >= 0.3 is 11.9 Å². The van der Waals surface area contributed by atoms with Gasteiger partial charge in [-0.15, -0.1) is 0 Å². The lowest BCUT2D eigenvalue weighted by molar-refractivity contribution is -0.164. The first-order chi connectivity index (χ1) is 5.97. The Labute approximate surface area is 78.2 Å². The molecule has 4 heteroatoms. The molecule has 0 N–H and O–H groups in total. The van der Waals surface area contributed by atoms with Gasteiger partial charge in [-0.2, -0.15) is 0 Å². The van der Waals surface area contributed by atoms with E-state index in [1.54, 1.807) is 6.92 Å². The molecule has 0 unspecified atom stereocenters. The Morgan fingerprint density at radius 1 is 1.15 bits per heavy atom. The second-order valence-corrected chi connectivity index (χ2v) is 2.87. The normalized spacial score (nSPS) is 14.5. The van der Waals surface area contributed by atoms with Gasteiger partial charge in [-0.25, -0.2) is 0 Å². The van der Waals surface area contributed by atoms with Crippen molar-refractivity contribution in [1.29, 1.82) is 0 Å². The minimum Gasteiger partial charge on any atom is -0.459 e. The van der Waals surface area contributed by atoms with E-state index in [0.717, 1.165) is 0 Å². The van der Waals surface area contributed by atoms with Crippen LogP contribution in [0.4, 0.5) is 0 Å². The van der Waals surface area contributed by atoms with Crippen molar-refractivity contribution < 1.29 is 19.1 Å². The highest BCUT2D eigenvalue weighted by Crippen LogP contribution is 2.08. The Kier molecular flexibility index (Phi) is 5.11. The fourth-order valence-corrected chi connectivity index (χ4v) is 1.06. The molecule has 0 aromatic rings. The van der Waals surface area contributed by atoms with Gasteiger partial charge < -0.3 is 9.47 Å². The summed E-state index contributed by atoms with van der Waals surface area (Å²) in [4.78, 5) is 21.2. The van der Waals surface area contributed by atoms with Crippen molar-refractivity contribution in [3.63, 3.8) is 0 Å². The van der Waals surface area contributed by atoms with Crippen LogP contribution in [0.2, 0.25) is 0 Å². The molecule has 0 aliphatic carbocycles. The predicted octanol–water partition coefficient (Wildman–Crippen LogP) is 1.28. The maximum absolute atomic E-state index is 10.6. The number of hydrogen-bond acceptors (Lipinski definition) is 4. The molecule has 0 saturated carbocycles. The summed E-state index contributed by atoms with van der Waals surface area (Å²) in [5, 5.41) is 0. The molecule has 0 heterocycles. The number of esters is 2. The summed E-state index contributed by atoms with van der Waals surface area (Å²) < 4.78 is 9.83. The molecule has 0 saturated heterocycles. The van der Waals surface area contributed by atoms with Crippen LogP contribution in [0.5, 0.6) is 0 Å². The molecule has 0 fully saturated rings. The highest BCUT2D eigenvalue weighted by atomic mass is 16.6. The average molecular weight is 188 g/mol. The zero-order valence-corrected chi connectivity index (χ0v) is 8.49. The van der Waals surface area contributed by atoms with E-state index in [0.29, 0.717) is 6.42 Å². The summed E-state index contributed by atoms with van der Waals surface area (Å²) in [6.45, 7) is 6.24. The number of carbonyl (C=O) groups is 2. The van der Waals surface area contributed by atoms with E-state index < -0.39 is 0 Å². The third-order valence-corrected chi connectivity index (χ3v) is 1.60. The van der Waals surface area contributed by atoms with E-state index >= 15 is 0 Å². The van der Waals surface area contributed by atoms with E-state index in [9.17, 15) is 9.59 Å². The minimum atomic E-state index is -0.383. The number of hydrogen-bond donors (Lipinski definition) is 0. The largest absolute Gasteiger partial charge is 0.459 e. The molecular weight excluding hydrogens is 172 g/mol. The molecular formula is C9H16O4. The second kappa shape index (κ2) is 5.56. The third-order valence-electron chi connectivity index (χ3n) is 1.60. The van der Waals surface area contributed by atoms with E-state index in [-0.39, 0.29) is 24.1 Å². The molecule has 2 atom stereocenters. The van der Waals surface area contributed by atoms with Gasteiger partial charge in [0.25, 0.3) is 0 Å². The van der Waals surface area contributed by atoms with Gasteiger partial charge in [-0.05, 0) is 13.3 Å². The van der Waals surface area contributed by atoms with Crippen molar-refractivity contribution in [3.8, 4) is 0 Å². The van der Waals surface area contributed by atoms with Crippen molar-refractivity contribution in [2.24, 2.45) is 0 Å². The topological polar surface area (TPSA) is 52.6 Å². The Hall–Kier alpha value is -1.06. The monoisotopic (exact) mass is 188 g/mol. The highest BCUT2D eigenvalue weighted by Gasteiger charge is 2.20. The third kappa shape index (κ3) is 5.22. The lowest BCUT2D eigenvalue weighted by Gasteiger charge is -2.21. The van der Waals surface area contributed by atoms with Gasteiger partial charge in [-0.1, -0.05) is 6.92 Å². The first-order valence-corrected chi connectivity index (χ1v) is 4.31. The summed E-state index contributed by atoms with van der Waals surface area (Å²) >= 11 is 0. The number of carbonyl (C=O) groups excluding carboxylic acids is 2. The van der Waals surface area contributed by atoms with Gasteiger partial charge in [0.1, 0.15) is 12.2 Å². The van der Waals surface area contributed by atoms with Crippen LogP contribution in [0.3, 0.4) is 0 Å². The first kappa shape index (κ1) is 11.9. The quantitative estimate of drug-likeness (QED) is 0.623. The fourth-order valence-electron chi connectivity index (χ4n) is 1.06. The Balaban J connectivity index is 4.06. The van der Waals surface area contributed by atoms with Gasteiger partial charge in [0, 0.05) is 13.8 Å². The van der Waals surface area contributed by atoms with E-state index in [4.69, 9.17) is 9.47 Å². The highest BCUT2D eigenvalue weighted by molar-refractivity contribution is 5.67. The van der Waals surface area contributed by atoms with Gasteiger partial charge in [0.2, 0.25) is 0 Å². The number of ether oxygens (including phenoxy) is 2. The van der Waals surface area contributed by atoms with E-state index in [1.165, 1.54) is 13.8 Å².